The quantitative estimate of drug-likeness (QED) is 0.680. The van der Waals surface area contributed by atoms with E-state index in [1.807, 2.05) is 0 Å². The molecule has 0 bridgehead atoms. The van der Waals surface area contributed by atoms with Gasteiger partial charge < -0.3 is 10.6 Å². The van der Waals surface area contributed by atoms with Crippen LogP contribution >= 0.6 is 0 Å². The minimum absolute atomic E-state index is 0.727. The SMILES string of the molecule is CCCC(CC)CC1CNCCN1. The van der Waals surface area contributed by atoms with Gasteiger partial charge in [-0.05, 0) is 12.3 Å². The van der Waals surface area contributed by atoms with Gasteiger partial charge in [-0.3, -0.25) is 0 Å². The molecule has 0 spiro atoms. The van der Waals surface area contributed by atoms with Gasteiger partial charge in [-0.2, -0.15) is 0 Å². The fourth-order valence-electron chi connectivity index (χ4n) is 2.18. The van der Waals surface area contributed by atoms with Crippen LogP contribution in [0.25, 0.3) is 0 Å². The summed E-state index contributed by atoms with van der Waals surface area (Å²) in [6.07, 6.45) is 5.43. The van der Waals surface area contributed by atoms with Crippen LogP contribution in [0.4, 0.5) is 0 Å². The molecule has 1 aliphatic heterocycles. The van der Waals surface area contributed by atoms with Crippen LogP contribution in [0.2, 0.25) is 0 Å². The summed E-state index contributed by atoms with van der Waals surface area (Å²) in [4.78, 5) is 0. The predicted octanol–water partition coefficient (Wildman–Crippen LogP) is 1.76. The van der Waals surface area contributed by atoms with Gasteiger partial charge in [0, 0.05) is 25.7 Å². The molecule has 13 heavy (non-hydrogen) atoms. The van der Waals surface area contributed by atoms with E-state index < -0.39 is 0 Å². The lowest BCUT2D eigenvalue weighted by molar-refractivity contribution is 0.321. The van der Waals surface area contributed by atoms with Crippen LogP contribution in [-0.2, 0) is 0 Å². The molecule has 78 valence electrons. The largest absolute Gasteiger partial charge is 0.314 e. The molecule has 1 fully saturated rings. The summed E-state index contributed by atoms with van der Waals surface area (Å²) in [7, 11) is 0. The molecule has 0 aromatic rings. The topological polar surface area (TPSA) is 24.1 Å². The van der Waals surface area contributed by atoms with Crippen molar-refractivity contribution in [3.63, 3.8) is 0 Å². The third-order valence-corrected chi connectivity index (χ3v) is 3.02. The first-order valence-corrected chi connectivity index (χ1v) is 5.80. The molecule has 2 N–H and O–H groups in total. The van der Waals surface area contributed by atoms with Gasteiger partial charge in [0.2, 0.25) is 0 Å². The third-order valence-electron chi connectivity index (χ3n) is 3.02. The van der Waals surface area contributed by atoms with Gasteiger partial charge in [0.05, 0.1) is 0 Å². The fourth-order valence-corrected chi connectivity index (χ4v) is 2.18. The smallest absolute Gasteiger partial charge is 0.0195 e. The van der Waals surface area contributed by atoms with E-state index in [2.05, 4.69) is 24.5 Å². The van der Waals surface area contributed by atoms with Crippen LogP contribution in [-0.4, -0.2) is 25.7 Å². The molecule has 2 heteroatoms. The summed E-state index contributed by atoms with van der Waals surface area (Å²) < 4.78 is 0. The zero-order valence-corrected chi connectivity index (χ0v) is 9.10. The van der Waals surface area contributed by atoms with Gasteiger partial charge in [0.25, 0.3) is 0 Å². The lowest BCUT2D eigenvalue weighted by Gasteiger charge is -2.27. The second-order valence-corrected chi connectivity index (χ2v) is 4.15. The van der Waals surface area contributed by atoms with Crippen molar-refractivity contribution in [1.29, 1.82) is 0 Å². The van der Waals surface area contributed by atoms with E-state index in [0.29, 0.717) is 0 Å². The number of rotatable bonds is 5. The summed E-state index contributed by atoms with van der Waals surface area (Å²) in [5.74, 6) is 0.933. The Kier molecular flexibility index (Phi) is 5.40. The highest BCUT2D eigenvalue weighted by atomic mass is 15.0. The average molecular weight is 184 g/mol. The van der Waals surface area contributed by atoms with Crippen molar-refractivity contribution >= 4 is 0 Å². The maximum Gasteiger partial charge on any atom is 0.0195 e. The lowest BCUT2D eigenvalue weighted by atomic mass is 9.92. The third kappa shape index (κ3) is 4.10. The number of piperazine rings is 1. The Bertz CT molecular complexity index is 117. The Morgan fingerprint density at radius 1 is 1.31 bits per heavy atom. The molecule has 1 aliphatic rings. The second kappa shape index (κ2) is 6.39. The predicted molar refractivity (Wildman–Crippen MR) is 58.0 cm³/mol. The van der Waals surface area contributed by atoms with E-state index in [4.69, 9.17) is 0 Å². The molecule has 0 saturated carbocycles. The normalized spacial score (nSPS) is 25.8. The lowest BCUT2D eigenvalue weighted by Crippen LogP contribution is -2.48. The molecule has 0 aromatic heterocycles. The summed E-state index contributed by atoms with van der Waals surface area (Å²) >= 11 is 0. The highest BCUT2D eigenvalue weighted by Gasteiger charge is 2.16. The molecular weight excluding hydrogens is 160 g/mol. The minimum atomic E-state index is 0.727. The van der Waals surface area contributed by atoms with Crippen molar-refractivity contribution < 1.29 is 0 Å². The first kappa shape index (κ1) is 11.0. The van der Waals surface area contributed by atoms with Crippen LogP contribution in [0.15, 0.2) is 0 Å². The minimum Gasteiger partial charge on any atom is -0.314 e. The molecule has 0 radical (unpaired) electrons. The first-order valence-electron chi connectivity index (χ1n) is 5.80. The maximum atomic E-state index is 3.58. The number of hydrogen-bond acceptors (Lipinski definition) is 2. The Morgan fingerprint density at radius 3 is 2.69 bits per heavy atom. The summed E-state index contributed by atoms with van der Waals surface area (Å²) in [6, 6.07) is 0.727. The Labute approximate surface area is 82.5 Å². The van der Waals surface area contributed by atoms with E-state index in [1.54, 1.807) is 0 Å². The monoisotopic (exact) mass is 184 g/mol. The number of hydrogen-bond donors (Lipinski definition) is 2. The first-order chi connectivity index (χ1) is 6.36. The molecule has 2 nitrogen and oxygen atoms in total. The number of nitrogens with one attached hydrogen (secondary N) is 2. The van der Waals surface area contributed by atoms with Crippen LogP contribution in [0.3, 0.4) is 0 Å². The highest BCUT2D eigenvalue weighted by Crippen LogP contribution is 2.17. The van der Waals surface area contributed by atoms with E-state index in [9.17, 15) is 0 Å². The molecule has 0 aromatic carbocycles. The summed E-state index contributed by atoms with van der Waals surface area (Å²) in [5.41, 5.74) is 0. The molecule has 0 aliphatic carbocycles. The van der Waals surface area contributed by atoms with E-state index in [-0.39, 0.29) is 0 Å². The fraction of sp³-hybridized carbons (Fsp3) is 1.00. The van der Waals surface area contributed by atoms with Crippen molar-refractivity contribution in [2.24, 2.45) is 5.92 Å². The van der Waals surface area contributed by atoms with E-state index in [1.165, 1.54) is 32.2 Å². The molecule has 1 saturated heterocycles. The summed E-state index contributed by atoms with van der Waals surface area (Å²) in [5, 5.41) is 7.02. The zero-order valence-electron chi connectivity index (χ0n) is 9.10. The molecule has 0 amide bonds. The molecule has 1 rings (SSSR count). The van der Waals surface area contributed by atoms with Gasteiger partial charge >= 0.3 is 0 Å². The molecule has 1 heterocycles. The van der Waals surface area contributed by atoms with E-state index in [0.717, 1.165) is 25.0 Å². The standard InChI is InChI=1S/C11H24N2/c1-3-5-10(4-2)8-11-9-12-6-7-13-11/h10-13H,3-9H2,1-2H3. The van der Waals surface area contributed by atoms with Crippen molar-refractivity contribution in [3.05, 3.63) is 0 Å². The van der Waals surface area contributed by atoms with Gasteiger partial charge in [0.15, 0.2) is 0 Å². The van der Waals surface area contributed by atoms with Gasteiger partial charge in [-0.25, -0.2) is 0 Å². The van der Waals surface area contributed by atoms with Crippen molar-refractivity contribution in [1.82, 2.24) is 10.6 Å². The molecule has 2 unspecified atom stereocenters. The Balaban J connectivity index is 2.18. The summed E-state index contributed by atoms with van der Waals surface area (Å²) in [6.45, 7) is 8.06. The van der Waals surface area contributed by atoms with Crippen LogP contribution in [0.5, 0.6) is 0 Å². The van der Waals surface area contributed by atoms with Crippen molar-refractivity contribution in [2.45, 2.75) is 45.6 Å². The van der Waals surface area contributed by atoms with Crippen molar-refractivity contribution in [3.8, 4) is 0 Å². The zero-order chi connectivity index (χ0) is 9.52. The van der Waals surface area contributed by atoms with Crippen molar-refractivity contribution in [2.75, 3.05) is 19.6 Å². The molecular formula is C11H24N2. The van der Waals surface area contributed by atoms with Gasteiger partial charge in [-0.15, -0.1) is 0 Å². The van der Waals surface area contributed by atoms with Gasteiger partial charge in [0.1, 0.15) is 0 Å². The van der Waals surface area contributed by atoms with Crippen LogP contribution in [0.1, 0.15) is 39.5 Å². The second-order valence-electron chi connectivity index (χ2n) is 4.15. The average Bonchev–Trinajstić information content (AvgIpc) is 2.19. The molecule has 2 atom stereocenters. The Morgan fingerprint density at radius 2 is 2.15 bits per heavy atom. The van der Waals surface area contributed by atoms with Crippen LogP contribution < -0.4 is 10.6 Å². The maximum absolute atomic E-state index is 3.58. The Hall–Kier alpha value is -0.0800. The van der Waals surface area contributed by atoms with Gasteiger partial charge in [-0.1, -0.05) is 33.1 Å². The highest BCUT2D eigenvalue weighted by molar-refractivity contribution is 4.77. The van der Waals surface area contributed by atoms with Crippen LogP contribution in [0, 0.1) is 5.92 Å². The van der Waals surface area contributed by atoms with E-state index >= 15 is 0 Å².